The molecule has 0 aromatic heterocycles. The van der Waals surface area contributed by atoms with E-state index in [0.29, 0.717) is 17.9 Å². The van der Waals surface area contributed by atoms with Crippen LogP contribution in [0.2, 0.25) is 0 Å². The fraction of sp³-hybridized carbons (Fsp3) is 0.333. The maximum Gasteiger partial charge on any atom is 0.332 e. The molecule has 0 saturated carbocycles. The minimum absolute atomic E-state index is 0.0251. The normalized spacial score (nSPS) is 11.3. The zero-order valence-electron chi connectivity index (χ0n) is 11.5. The molecule has 19 heavy (non-hydrogen) atoms. The predicted molar refractivity (Wildman–Crippen MR) is 73.5 cm³/mol. The van der Waals surface area contributed by atoms with Gasteiger partial charge in [0.15, 0.2) is 0 Å². The van der Waals surface area contributed by atoms with Gasteiger partial charge in [0.25, 0.3) is 5.91 Å². The van der Waals surface area contributed by atoms with Gasteiger partial charge in [-0.1, -0.05) is 32.0 Å². The number of ether oxygens (including phenoxy) is 1. The van der Waals surface area contributed by atoms with Crippen LogP contribution in [0.4, 0.5) is 0 Å². The van der Waals surface area contributed by atoms with Crippen LogP contribution in [-0.2, 0) is 9.53 Å². The van der Waals surface area contributed by atoms with E-state index in [1.165, 1.54) is 6.08 Å². The summed E-state index contributed by atoms with van der Waals surface area (Å²) in [5.41, 5.74) is 1.10. The Bertz CT molecular complexity index is 464. The van der Waals surface area contributed by atoms with Gasteiger partial charge >= 0.3 is 5.97 Å². The van der Waals surface area contributed by atoms with Crippen LogP contribution in [0.1, 0.15) is 31.1 Å². The fourth-order valence-corrected chi connectivity index (χ4v) is 1.45. The molecule has 0 spiro atoms. The van der Waals surface area contributed by atoms with Crippen molar-refractivity contribution in [1.29, 1.82) is 0 Å². The lowest BCUT2D eigenvalue weighted by Gasteiger charge is -2.13. The Morgan fingerprint density at radius 1 is 1.26 bits per heavy atom. The van der Waals surface area contributed by atoms with Crippen molar-refractivity contribution >= 4 is 11.9 Å². The molecule has 102 valence electrons. The number of rotatable bonds is 5. The zero-order chi connectivity index (χ0) is 14.3. The van der Waals surface area contributed by atoms with Crippen molar-refractivity contribution in [2.75, 3.05) is 6.61 Å². The Kier molecular flexibility index (Phi) is 5.79. The van der Waals surface area contributed by atoms with Crippen LogP contribution in [0.25, 0.3) is 0 Å². The molecule has 0 unspecified atom stereocenters. The van der Waals surface area contributed by atoms with Crippen LogP contribution in [0.15, 0.2) is 42.1 Å². The van der Waals surface area contributed by atoms with E-state index < -0.39 is 5.97 Å². The van der Waals surface area contributed by atoms with Gasteiger partial charge in [-0.2, -0.15) is 0 Å². The number of nitrogens with one attached hydrogen (secondary N) is 1. The summed E-state index contributed by atoms with van der Waals surface area (Å²) in [5, 5.41) is 2.74. The lowest BCUT2D eigenvalue weighted by atomic mass is 10.1. The van der Waals surface area contributed by atoms with Gasteiger partial charge in [0.2, 0.25) is 0 Å². The van der Waals surface area contributed by atoms with Crippen LogP contribution in [0.5, 0.6) is 0 Å². The minimum atomic E-state index is -0.445. The van der Waals surface area contributed by atoms with E-state index in [-0.39, 0.29) is 11.8 Å². The summed E-state index contributed by atoms with van der Waals surface area (Å²) in [4.78, 5) is 23.4. The van der Waals surface area contributed by atoms with Gasteiger partial charge in [-0.15, -0.1) is 0 Å². The third-order valence-electron chi connectivity index (χ3n) is 2.48. The number of benzene rings is 1. The molecule has 4 nitrogen and oxygen atoms in total. The fourth-order valence-electron chi connectivity index (χ4n) is 1.45. The third-order valence-corrected chi connectivity index (χ3v) is 2.48. The van der Waals surface area contributed by atoms with Crippen molar-refractivity contribution in [3.8, 4) is 0 Å². The first-order chi connectivity index (χ1) is 9.04. The second-order valence-corrected chi connectivity index (χ2v) is 4.33. The second kappa shape index (κ2) is 7.36. The molecular formula is C15H19NO3. The van der Waals surface area contributed by atoms with E-state index in [0.717, 1.165) is 0 Å². The predicted octanol–water partition coefficient (Wildman–Crippen LogP) is 2.52. The molecule has 1 rings (SSSR count). The first-order valence-electron chi connectivity index (χ1n) is 6.29. The summed E-state index contributed by atoms with van der Waals surface area (Å²) < 4.78 is 4.84. The quantitative estimate of drug-likeness (QED) is 0.654. The van der Waals surface area contributed by atoms with Gasteiger partial charge in [0.1, 0.15) is 0 Å². The van der Waals surface area contributed by atoms with Crippen molar-refractivity contribution < 1.29 is 14.3 Å². The average molecular weight is 261 g/mol. The highest BCUT2D eigenvalue weighted by Gasteiger charge is 2.12. The van der Waals surface area contributed by atoms with Crippen LogP contribution >= 0.6 is 0 Å². The molecule has 0 radical (unpaired) electrons. The number of hydrogen-bond acceptors (Lipinski definition) is 3. The molecule has 1 aromatic rings. The molecule has 1 aromatic carbocycles. The highest BCUT2D eigenvalue weighted by atomic mass is 16.5. The Morgan fingerprint density at radius 2 is 1.89 bits per heavy atom. The third kappa shape index (κ3) is 4.95. The molecule has 0 bridgehead atoms. The van der Waals surface area contributed by atoms with Crippen molar-refractivity contribution in [2.45, 2.75) is 20.8 Å². The molecule has 0 aliphatic carbocycles. The molecule has 1 N–H and O–H groups in total. The molecule has 0 fully saturated rings. The number of allylic oxidation sites excluding steroid dienone is 1. The van der Waals surface area contributed by atoms with Gasteiger partial charge in [-0.25, -0.2) is 4.79 Å². The van der Waals surface area contributed by atoms with Crippen LogP contribution in [0.3, 0.4) is 0 Å². The van der Waals surface area contributed by atoms with Crippen LogP contribution < -0.4 is 5.32 Å². The van der Waals surface area contributed by atoms with Gasteiger partial charge in [-0.05, 0) is 25.0 Å². The van der Waals surface area contributed by atoms with E-state index in [9.17, 15) is 9.59 Å². The number of carbonyl (C=O) groups is 2. The Labute approximate surface area is 113 Å². The van der Waals surface area contributed by atoms with E-state index in [4.69, 9.17) is 4.74 Å². The smallest absolute Gasteiger partial charge is 0.332 e. The maximum atomic E-state index is 12.0. The largest absolute Gasteiger partial charge is 0.463 e. The summed E-state index contributed by atoms with van der Waals surface area (Å²) in [6.45, 7) is 5.85. The van der Waals surface area contributed by atoms with Gasteiger partial charge in [0, 0.05) is 17.3 Å². The summed E-state index contributed by atoms with van der Waals surface area (Å²) in [6, 6.07) is 8.86. The Hall–Kier alpha value is -2.10. The molecule has 0 aliphatic heterocycles. The minimum Gasteiger partial charge on any atom is -0.463 e. The summed E-state index contributed by atoms with van der Waals surface area (Å²) >= 11 is 0. The number of carbonyl (C=O) groups excluding carboxylic acids is 2. The zero-order valence-corrected chi connectivity index (χ0v) is 11.5. The highest BCUT2D eigenvalue weighted by molar-refractivity contribution is 5.96. The molecule has 0 aliphatic rings. The van der Waals surface area contributed by atoms with Gasteiger partial charge in [-0.3, -0.25) is 4.79 Å². The van der Waals surface area contributed by atoms with Crippen LogP contribution in [0, 0.1) is 5.92 Å². The van der Waals surface area contributed by atoms with Gasteiger partial charge < -0.3 is 10.1 Å². The lowest BCUT2D eigenvalue weighted by Crippen LogP contribution is -2.26. The molecule has 0 heterocycles. The highest BCUT2D eigenvalue weighted by Crippen LogP contribution is 2.08. The first kappa shape index (κ1) is 15.0. The first-order valence-corrected chi connectivity index (χ1v) is 6.29. The topological polar surface area (TPSA) is 55.4 Å². The van der Waals surface area contributed by atoms with E-state index >= 15 is 0 Å². The van der Waals surface area contributed by atoms with Crippen molar-refractivity contribution in [1.82, 2.24) is 5.32 Å². The Morgan fingerprint density at radius 3 is 2.42 bits per heavy atom. The number of amides is 1. The van der Waals surface area contributed by atoms with Crippen LogP contribution in [-0.4, -0.2) is 18.5 Å². The molecular weight excluding hydrogens is 242 g/mol. The van der Waals surface area contributed by atoms with E-state index in [1.807, 2.05) is 19.9 Å². The summed E-state index contributed by atoms with van der Waals surface area (Å²) in [7, 11) is 0. The maximum absolute atomic E-state index is 12.0. The van der Waals surface area contributed by atoms with Crippen molar-refractivity contribution in [3.63, 3.8) is 0 Å². The molecule has 1 amide bonds. The van der Waals surface area contributed by atoms with E-state index in [2.05, 4.69) is 5.32 Å². The molecule has 0 saturated heterocycles. The second-order valence-electron chi connectivity index (χ2n) is 4.33. The molecule has 4 heteroatoms. The molecule has 0 atom stereocenters. The monoisotopic (exact) mass is 261 g/mol. The SMILES string of the molecule is CCOC(=O)C=C(NC(=O)c1ccccc1)C(C)C. The standard InChI is InChI=1S/C15H19NO3/c1-4-19-14(17)10-13(11(2)3)16-15(18)12-8-6-5-7-9-12/h5-11H,4H2,1-3H3,(H,16,18). The van der Waals surface area contributed by atoms with Gasteiger partial charge in [0.05, 0.1) is 6.61 Å². The number of esters is 1. The summed E-state index contributed by atoms with van der Waals surface area (Å²) in [5.74, 6) is -0.651. The van der Waals surface area contributed by atoms with Crippen molar-refractivity contribution in [3.05, 3.63) is 47.7 Å². The summed E-state index contributed by atoms with van der Waals surface area (Å²) in [6.07, 6.45) is 1.33. The van der Waals surface area contributed by atoms with Crippen molar-refractivity contribution in [2.24, 2.45) is 5.92 Å². The average Bonchev–Trinajstić information content (AvgIpc) is 2.39. The van der Waals surface area contributed by atoms with E-state index in [1.54, 1.807) is 31.2 Å². The lowest BCUT2D eigenvalue weighted by molar-refractivity contribution is -0.137. The number of hydrogen-bond donors (Lipinski definition) is 1. The Balaban J connectivity index is 2.80.